The number of Topliss-reactive ketones (excluding diaryl/α,β-unsaturated/α-hetero) is 1. The molecular weight excluding hydrogens is 432 g/mol. The third-order valence-corrected chi connectivity index (χ3v) is 6.00. The summed E-state index contributed by atoms with van der Waals surface area (Å²) in [6.07, 6.45) is 1.64. The van der Waals surface area contributed by atoms with Gasteiger partial charge in [-0.1, -0.05) is 38.6 Å². The number of carbonyl (C=O) groups excluding carboxylic acids is 2. The summed E-state index contributed by atoms with van der Waals surface area (Å²) < 4.78 is 10.9. The molecule has 1 heterocycles. The summed E-state index contributed by atoms with van der Waals surface area (Å²) in [5.41, 5.74) is 1.20. The van der Waals surface area contributed by atoms with E-state index in [1.54, 1.807) is 54.5 Å². The molecule has 1 N–H and O–H groups in total. The lowest BCUT2D eigenvalue weighted by Gasteiger charge is -2.28. The van der Waals surface area contributed by atoms with Crippen molar-refractivity contribution in [3.63, 3.8) is 0 Å². The zero-order valence-electron chi connectivity index (χ0n) is 20.0. The van der Waals surface area contributed by atoms with Crippen LogP contribution < -0.4 is 9.47 Å². The van der Waals surface area contributed by atoms with Gasteiger partial charge in [-0.15, -0.1) is 0 Å². The number of benzene rings is 2. The zero-order valence-corrected chi connectivity index (χ0v) is 20.0. The number of ketones is 1. The van der Waals surface area contributed by atoms with Gasteiger partial charge < -0.3 is 24.4 Å². The van der Waals surface area contributed by atoms with Gasteiger partial charge in [-0.05, 0) is 55.1 Å². The van der Waals surface area contributed by atoms with Crippen molar-refractivity contribution in [2.24, 2.45) is 0 Å². The first-order valence-electron chi connectivity index (χ1n) is 11.4. The Bertz CT molecular complexity index is 1060. The molecule has 0 bridgehead atoms. The number of amides is 1. The molecule has 0 aromatic heterocycles. The third kappa shape index (κ3) is 5.31. The summed E-state index contributed by atoms with van der Waals surface area (Å²) in [6, 6.07) is 13.3. The number of carbonyl (C=O) groups is 2. The molecular formula is C27H32N2O5. The third-order valence-electron chi connectivity index (χ3n) is 6.00. The van der Waals surface area contributed by atoms with Crippen molar-refractivity contribution in [1.29, 1.82) is 0 Å². The van der Waals surface area contributed by atoms with Crippen LogP contribution in [-0.4, -0.2) is 66.5 Å². The van der Waals surface area contributed by atoms with Crippen molar-refractivity contribution in [3.05, 3.63) is 77.9 Å². The number of aliphatic hydroxyl groups excluding tert-OH is 1. The highest BCUT2D eigenvalue weighted by Gasteiger charge is 2.46. The van der Waals surface area contributed by atoms with Gasteiger partial charge in [0.2, 0.25) is 0 Å². The van der Waals surface area contributed by atoms with Crippen molar-refractivity contribution in [2.75, 3.05) is 39.9 Å². The van der Waals surface area contributed by atoms with Crippen LogP contribution in [0.1, 0.15) is 31.0 Å². The van der Waals surface area contributed by atoms with Crippen LogP contribution in [-0.2, 0) is 9.59 Å². The molecule has 0 unspecified atom stereocenters. The largest absolute Gasteiger partial charge is 0.507 e. The van der Waals surface area contributed by atoms with Crippen molar-refractivity contribution in [2.45, 2.75) is 19.9 Å². The molecule has 7 nitrogen and oxygen atoms in total. The van der Waals surface area contributed by atoms with E-state index in [2.05, 4.69) is 25.3 Å². The molecule has 0 radical (unpaired) electrons. The average Bonchev–Trinajstić information content (AvgIpc) is 3.13. The fourth-order valence-corrected chi connectivity index (χ4v) is 4.08. The number of ether oxygens (including phenoxy) is 2. The Morgan fingerprint density at radius 3 is 2.44 bits per heavy atom. The van der Waals surface area contributed by atoms with Gasteiger partial charge in [-0.3, -0.25) is 9.59 Å². The highest BCUT2D eigenvalue weighted by molar-refractivity contribution is 6.46. The minimum absolute atomic E-state index is 0.0672. The molecule has 2 aromatic carbocycles. The molecule has 1 saturated heterocycles. The number of methoxy groups -OCH3 is 1. The van der Waals surface area contributed by atoms with Gasteiger partial charge in [-0.25, -0.2) is 0 Å². The van der Waals surface area contributed by atoms with Crippen LogP contribution in [0.25, 0.3) is 5.76 Å². The van der Waals surface area contributed by atoms with Crippen molar-refractivity contribution in [3.8, 4) is 11.5 Å². The van der Waals surface area contributed by atoms with E-state index < -0.39 is 17.7 Å². The minimum atomic E-state index is -0.720. The first-order valence-corrected chi connectivity index (χ1v) is 11.4. The van der Waals surface area contributed by atoms with E-state index in [0.717, 1.165) is 13.1 Å². The van der Waals surface area contributed by atoms with Crippen molar-refractivity contribution < 1.29 is 24.2 Å². The number of rotatable bonds is 11. The van der Waals surface area contributed by atoms with Crippen molar-refractivity contribution in [1.82, 2.24) is 9.80 Å². The van der Waals surface area contributed by atoms with E-state index in [9.17, 15) is 14.7 Å². The van der Waals surface area contributed by atoms with Crippen molar-refractivity contribution >= 4 is 17.4 Å². The van der Waals surface area contributed by atoms with Crippen LogP contribution in [0.2, 0.25) is 0 Å². The number of hydrogen-bond donors (Lipinski definition) is 1. The molecule has 1 amide bonds. The first-order chi connectivity index (χ1) is 16.4. The number of hydrogen-bond acceptors (Lipinski definition) is 6. The Hall–Kier alpha value is -3.58. The Balaban J connectivity index is 2.06. The van der Waals surface area contributed by atoms with Crippen LogP contribution in [0, 0.1) is 0 Å². The van der Waals surface area contributed by atoms with E-state index in [1.165, 1.54) is 0 Å². The summed E-state index contributed by atoms with van der Waals surface area (Å²) >= 11 is 0. The smallest absolute Gasteiger partial charge is 0.295 e. The second kappa shape index (κ2) is 11.5. The Labute approximate surface area is 200 Å². The molecule has 180 valence electrons. The van der Waals surface area contributed by atoms with Crippen LogP contribution in [0.5, 0.6) is 11.5 Å². The number of aliphatic hydroxyl groups is 1. The molecule has 0 spiro atoms. The molecule has 3 rings (SSSR count). The molecule has 1 fully saturated rings. The lowest BCUT2D eigenvalue weighted by atomic mass is 9.95. The van der Waals surface area contributed by atoms with E-state index >= 15 is 0 Å². The number of likely N-dealkylation sites (tertiary alicyclic amines) is 1. The fourth-order valence-electron chi connectivity index (χ4n) is 4.08. The Kier molecular flexibility index (Phi) is 8.49. The van der Waals surface area contributed by atoms with Gasteiger partial charge in [0.1, 0.15) is 23.9 Å². The lowest BCUT2D eigenvalue weighted by Crippen LogP contribution is -2.38. The van der Waals surface area contributed by atoms with Gasteiger partial charge in [0.05, 0.1) is 18.7 Å². The van der Waals surface area contributed by atoms with Gasteiger partial charge in [-0.2, -0.15) is 0 Å². The summed E-state index contributed by atoms with van der Waals surface area (Å²) in [4.78, 5) is 30.0. The summed E-state index contributed by atoms with van der Waals surface area (Å²) in [5, 5.41) is 11.2. The molecule has 1 aliphatic rings. The molecule has 2 aromatic rings. The molecule has 0 saturated carbocycles. The number of likely N-dealkylation sites (N-methyl/N-ethyl adjacent to an activating group) is 1. The molecule has 1 atom stereocenters. The second-order valence-corrected chi connectivity index (χ2v) is 7.92. The first kappa shape index (κ1) is 25.1. The van der Waals surface area contributed by atoms with Crippen LogP contribution in [0.15, 0.2) is 66.8 Å². The average molecular weight is 465 g/mol. The predicted octanol–water partition coefficient (Wildman–Crippen LogP) is 4.02. The monoisotopic (exact) mass is 464 g/mol. The SMILES string of the molecule is C=CCOc1ccc(C(O)=C2C(=O)C(=O)N(CCN(CC)CC)[C@H]2c2cccc(OC)c2)cc1. The van der Waals surface area contributed by atoms with Gasteiger partial charge >= 0.3 is 0 Å². The van der Waals surface area contributed by atoms with Crippen LogP contribution in [0.3, 0.4) is 0 Å². The van der Waals surface area contributed by atoms with Crippen LogP contribution in [0.4, 0.5) is 0 Å². The molecule has 34 heavy (non-hydrogen) atoms. The maximum atomic E-state index is 13.2. The topological polar surface area (TPSA) is 79.3 Å². The normalized spacial score (nSPS) is 17.3. The lowest BCUT2D eigenvalue weighted by molar-refractivity contribution is -0.140. The number of nitrogens with zero attached hydrogens (tertiary/aromatic N) is 2. The van der Waals surface area contributed by atoms with E-state index in [0.29, 0.717) is 42.3 Å². The fraction of sp³-hybridized carbons (Fsp3) is 0.333. The van der Waals surface area contributed by atoms with Gasteiger partial charge in [0.15, 0.2) is 0 Å². The summed E-state index contributed by atoms with van der Waals surface area (Å²) in [6.45, 7) is 10.8. The van der Waals surface area contributed by atoms with Gasteiger partial charge in [0, 0.05) is 18.7 Å². The minimum Gasteiger partial charge on any atom is -0.507 e. The highest BCUT2D eigenvalue weighted by atomic mass is 16.5. The quantitative estimate of drug-likeness (QED) is 0.234. The van der Waals surface area contributed by atoms with E-state index in [-0.39, 0.29) is 11.3 Å². The Morgan fingerprint density at radius 2 is 1.82 bits per heavy atom. The molecule has 7 heteroatoms. The molecule has 1 aliphatic heterocycles. The zero-order chi connectivity index (χ0) is 24.7. The van der Waals surface area contributed by atoms with Gasteiger partial charge in [0.25, 0.3) is 11.7 Å². The maximum absolute atomic E-state index is 13.2. The highest BCUT2D eigenvalue weighted by Crippen LogP contribution is 2.40. The van der Waals surface area contributed by atoms with Crippen LogP contribution >= 0.6 is 0 Å². The second-order valence-electron chi connectivity index (χ2n) is 7.92. The van der Waals surface area contributed by atoms with E-state index in [1.807, 2.05) is 12.1 Å². The maximum Gasteiger partial charge on any atom is 0.295 e. The Morgan fingerprint density at radius 1 is 1.12 bits per heavy atom. The summed E-state index contributed by atoms with van der Waals surface area (Å²) in [7, 11) is 1.56. The summed E-state index contributed by atoms with van der Waals surface area (Å²) in [5.74, 6) is -0.313. The predicted molar refractivity (Wildman–Crippen MR) is 132 cm³/mol. The molecule has 0 aliphatic carbocycles. The standard InChI is InChI=1S/C27H32N2O5/c1-5-17-34-21-13-11-19(12-14-21)25(30)23-24(20-9-8-10-22(18-20)33-4)29(27(32)26(23)31)16-15-28(6-2)7-3/h5,8-14,18,24,30H,1,6-7,15-17H2,2-4H3/t24-/m0/s1. The van der Waals surface area contributed by atoms with E-state index in [4.69, 9.17) is 9.47 Å².